The highest BCUT2D eigenvalue weighted by Crippen LogP contribution is 2.44. The van der Waals surface area contributed by atoms with Crippen LogP contribution in [0, 0.1) is 0 Å². The molecule has 0 amide bonds. The highest BCUT2D eigenvalue weighted by atomic mass is 32.2. The number of aromatic nitrogens is 1. The largest absolute Gasteiger partial charge is 0.397 e. The molecule has 0 atom stereocenters. The van der Waals surface area contributed by atoms with Gasteiger partial charge in [0.1, 0.15) is 0 Å². The number of hydrogen-bond acceptors (Lipinski definition) is 3. The van der Waals surface area contributed by atoms with Gasteiger partial charge in [-0.05, 0) is 81.7 Å². The first-order valence-electron chi connectivity index (χ1n) is 17.2. The van der Waals surface area contributed by atoms with Crippen molar-refractivity contribution in [1.29, 1.82) is 0 Å². The van der Waals surface area contributed by atoms with Gasteiger partial charge in [-0.3, -0.25) is 0 Å². The Hall–Kier alpha value is -5.81. The van der Waals surface area contributed by atoms with Gasteiger partial charge in [0.25, 0.3) is 0 Å². The number of thioether (sulfide) groups is 1. The van der Waals surface area contributed by atoms with E-state index in [-0.39, 0.29) is 0 Å². The maximum Gasteiger partial charge on any atom is 0.0619 e. The van der Waals surface area contributed by atoms with Gasteiger partial charge in [0, 0.05) is 52.7 Å². The number of nitrogen functional groups attached to an aromatic ring is 1. The van der Waals surface area contributed by atoms with E-state index in [2.05, 4.69) is 174 Å². The van der Waals surface area contributed by atoms with Gasteiger partial charge in [0.15, 0.2) is 0 Å². The second kappa shape index (κ2) is 12.2. The fraction of sp³-hybridized carbons (Fsp3) is 0.0213. The molecule has 2 nitrogen and oxygen atoms in total. The molecule has 0 saturated heterocycles. The summed E-state index contributed by atoms with van der Waals surface area (Å²) in [7, 11) is 0. The molecule has 242 valence electrons. The first-order valence-corrected chi connectivity index (χ1v) is 19.0. The van der Waals surface area contributed by atoms with E-state index in [0.29, 0.717) is 0 Å². The van der Waals surface area contributed by atoms with Crippen molar-refractivity contribution in [3.63, 3.8) is 0 Å². The van der Waals surface area contributed by atoms with Gasteiger partial charge < -0.3 is 10.3 Å². The summed E-state index contributed by atoms with van der Waals surface area (Å²) in [5, 5.41) is 7.43. The Morgan fingerprint density at radius 3 is 1.98 bits per heavy atom. The summed E-state index contributed by atoms with van der Waals surface area (Å²) in [6.07, 6.45) is 0. The van der Waals surface area contributed by atoms with Crippen molar-refractivity contribution in [2.24, 2.45) is 0 Å². The monoisotopic (exact) mass is 688 g/mol. The van der Waals surface area contributed by atoms with Crippen LogP contribution in [0.25, 0.3) is 80.7 Å². The third-order valence-corrected chi connectivity index (χ3v) is 12.4. The van der Waals surface area contributed by atoms with Crippen LogP contribution in [0.3, 0.4) is 0 Å². The molecular weight excluding hydrogens is 657 g/mol. The molecule has 10 rings (SSSR count). The summed E-state index contributed by atoms with van der Waals surface area (Å²) in [6.45, 7) is 0. The van der Waals surface area contributed by atoms with E-state index >= 15 is 0 Å². The van der Waals surface area contributed by atoms with E-state index in [1.54, 1.807) is 0 Å². The SMILES string of the molecule is Nc1c(SCc2ccc(-n3c4ccc(-c5ccccc5)cc4c4cc(-c5ccccc5)c5ccccc5c43)cc2)ccc2sc3ccccc3c12. The van der Waals surface area contributed by atoms with E-state index < -0.39 is 0 Å². The van der Waals surface area contributed by atoms with Gasteiger partial charge in [0.2, 0.25) is 0 Å². The smallest absolute Gasteiger partial charge is 0.0619 e. The van der Waals surface area contributed by atoms with Crippen molar-refractivity contribution in [2.75, 3.05) is 5.73 Å². The fourth-order valence-electron chi connectivity index (χ4n) is 7.66. The molecule has 0 aliphatic carbocycles. The van der Waals surface area contributed by atoms with Crippen LogP contribution >= 0.6 is 23.1 Å². The molecule has 51 heavy (non-hydrogen) atoms. The number of rotatable bonds is 6. The first kappa shape index (κ1) is 30.1. The molecule has 4 heteroatoms. The Kier molecular flexibility index (Phi) is 7.19. The summed E-state index contributed by atoms with van der Waals surface area (Å²) >= 11 is 3.62. The van der Waals surface area contributed by atoms with Crippen LogP contribution in [-0.2, 0) is 5.75 Å². The van der Waals surface area contributed by atoms with Crippen LogP contribution in [0.15, 0.2) is 175 Å². The predicted molar refractivity (Wildman–Crippen MR) is 222 cm³/mol. The minimum Gasteiger partial charge on any atom is -0.397 e. The standard InChI is InChI=1S/C47H32N2S2/c48-46-44(26-25-43-45(46)37-17-9-10-18-42(37)51-43)50-29-30-19-22-34(23-20-30)49-41-24-21-33(31-11-3-1-4-12-31)27-39(41)40-28-38(32-13-5-2-6-14-32)35-15-7-8-16-36(35)47(40)49/h1-28H,29,48H2. The molecule has 0 spiro atoms. The highest BCUT2D eigenvalue weighted by molar-refractivity contribution is 7.98. The Balaban J connectivity index is 1.09. The summed E-state index contributed by atoms with van der Waals surface area (Å²) < 4.78 is 4.98. The van der Waals surface area contributed by atoms with Crippen LogP contribution < -0.4 is 5.73 Å². The van der Waals surface area contributed by atoms with Gasteiger partial charge in [-0.15, -0.1) is 23.1 Å². The predicted octanol–water partition coefficient (Wildman–Crippen LogP) is 13.5. The maximum atomic E-state index is 6.81. The highest BCUT2D eigenvalue weighted by Gasteiger charge is 2.19. The average Bonchev–Trinajstić information content (AvgIpc) is 3.74. The van der Waals surface area contributed by atoms with E-state index in [0.717, 1.165) is 22.0 Å². The minimum atomic E-state index is 0.842. The lowest BCUT2D eigenvalue weighted by molar-refractivity contribution is 1.18. The van der Waals surface area contributed by atoms with Crippen molar-refractivity contribution >= 4 is 81.5 Å². The van der Waals surface area contributed by atoms with E-state index in [4.69, 9.17) is 5.73 Å². The number of benzene rings is 8. The molecule has 0 bridgehead atoms. The lowest BCUT2D eigenvalue weighted by Crippen LogP contribution is -1.96. The first-order chi connectivity index (χ1) is 25.2. The lowest BCUT2D eigenvalue weighted by atomic mass is 9.94. The molecule has 2 heterocycles. The minimum absolute atomic E-state index is 0.842. The van der Waals surface area contributed by atoms with E-state index in [1.807, 2.05) is 23.1 Å². The summed E-state index contributed by atoms with van der Waals surface area (Å²) in [5.74, 6) is 0.842. The number of fused-ring (bicyclic) bond motifs is 8. The van der Waals surface area contributed by atoms with Crippen molar-refractivity contribution in [3.8, 4) is 27.9 Å². The summed E-state index contributed by atoms with van der Waals surface area (Å²) in [5.41, 5.74) is 17.5. The van der Waals surface area contributed by atoms with Crippen LogP contribution in [0.1, 0.15) is 5.56 Å². The molecule has 0 fully saturated rings. The van der Waals surface area contributed by atoms with Crippen LogP contribution in [0.2, 0.25) is 0 Å². The number of thiophene rings is 1. The van der Waals surface area contributed by atoms with Crippen molar-refractivity contribution in [1.82, 2.24) is 4.57 Å². The van der Waals surface area contributed by atoms with Gasteiger partial charge in [-0.1, -0.05) is 121 Å². The molecule has 0 saturated carbocycles. The third kappa shape index (κ3) is 5.02. The molecule has 0 aliphatic rings. The second-order valence-corrected chi connectivity index (χ2v) is 15.2. The molecule has 2 aromatic heterocycles. The molecule has 8 aromatic carbocycles. The topological polar surface area (TPSA) is 30.9 Å². The molecule has 10 aromatic rings. The van der Waals surface area contributed by atoms with E-state index in [9.17, 15) is 0 Å². The van der Waals surface area contributed by atoms with E-state index in [1.165, 1.54) is 80.6 Å². The second-order valence-electron chi connectivity index (χ2n) is 13.1. The Morgan fingerprint density at radius 1 is 0.510 bits per heavy atom. The fourth-order valence-corrected chi connectivity index (χ4v) is 9.72. The van der Waals surface area contributed by atoms with Gasteiger partial charge >= 0.3 is 0 Å². The zero-order chi connectivity index (χ0) is 33.9. The average molecular weight is 689 g/mol. The van der Waals surface area contributed by atoms with Crippen molar-refractivity contribution in [2.45, 2.75) is 10.6 Å². The zero-order valence-electron chi connectivity index (χ0n) is 27.7. The van der Waals surface area contributed by atoms with Crippen LogP contribution in [-0.4, -0.2) is 4.57 Å². The van der Waals surface area contributed by atoms with Crippen LogP contribution in [0.5, 0.6) is 0 Å². The van der Waals surface area contributed by atoms with Crippen LogP contribution in [0.4, 0.5) is 5.69 Å². The molecule has 0 unspecified atom stereocenters. The van der Waals surface area contributed by atoms with Gasteiger partial charge in [-0.2, -0.15) is 0 Å². The molecule has 2 N–H and O–H groups in total. The number of anilines is 1. The third-order valence-electron chi connectivity index (χ3n) is 10.1. The number of nitrogens with two attached hydrogens (primary N) is 1. The van der Waals surface area contributed by atoms with Gasteiger partial charge in [-0.25, -0.2) is 0 Å². The Labute approximate surface area is 304 Å². The molecular formula is C47H32N2S2. The normalized spacial score (nSPS) is 11.8. The number of hydrogen-bond donors (Lipinski definition) is 1. The maximum absolute atomic E-state index is 6.81. The summed E-state index contributed by atoms with van der Waals surface area (Å²) in [4.78, 5) is 1.13. The zero-order valence-corrected chi connectivity index (χ0v) is 29.3. The lowest BCUT2D eigenvalue weighted by Gasteiger charge is -2.13. The van der Waals surface area contributed by atoms with Crippen molar-refractivity contribution < 1.29 is 0 Å². The molecule has 0 radical (unpaired) electrons. The molecule has 0 aliphatic heterocycles. The Bertz CT molecular complexity index is 2900. The van der Waals surface area contributed by atoms with Crippen molar-refractivity contribution in [3.05, 3.63) is 175 Å². The Morgan fingerprint density at radius 2 is 1.20 bits per heavy atom. The quantitative estimate of drug-likeness (QED) is 0.139. The van der Waals surface area contributed by atoms with Gasteiger partial charge in [0.05, 0.1) is 16.7 Å². The number of nitrogens with zero attached hydrogens (tertiary/aromatic N) is 1. The summed E-state index contributed by atoms with van der Waals surface area (Å²) in [6, 6.07) is 61.7.